The van der Waals surface area contributed by atoms with Gasteiger partial charge in [-0.15, -0.1) is 0 Å². The van der Waals surface area contributed by atoms with Crippen molar-refractivity contribution >= 4 is 24.1 Å². The molecular formula is C50H60N2O8. The number of hydrogen-bond donors (Lipinski definition) is 1. The van der Waals surface area contributed by atoms with Gasteiger partial charge in [0, 0.05) is 26.9 Å². The van der Waals surface area contributed by atoms with Crippen LogP contribution in [0.1, 0.15) is 65.7 Å². The fourth-order valence-electron chi connectivity index (χ4n) is 5.89. The van der Waals surface area contributed by atoms with Crippen LogP contribution in [0.25, 0.3) is 22.3 Å². The minimum atomic E-state index is -1.06. The molecule has 10 nitrogen and oxygen atoms in total. The maximum atomic E-state index is 13.0. The van der Waals surface area contributed by atoms with Crippen LogP contribution in [0.2, 0.25) is 0 Å². The van der Waals surface area contributed by atoms with Gasteiger partial charge < -0.3 is 19.3 Å². The Morgan fingerprint density at radius 1 is 0.500 bits per heavy atom. The fourth-order valence-corrected chi connectivity index (χ4v) is 5.89. The van der Waals surface area contributed by atoms with Crippen molar-refractivity contribution in [3.63, 3.8) is 0 Å². The predicted molar refractivity (Wildman–Crippen MR) is 237 cm³/mol. The number of amides is 2. The fraction of sp³-hybridized carbons (Fsp3) is 0.320. The summed E-state index contributed by atoms with van der Waals surface area (Å²) in [6.45, 7) is 10.8. The molecule has 5 rings (SSSR count). The van der Waals surface area contributed by atoms with Crippen LogP contribution in [0.15, 0.2) is 140 Å². The maximum Gasteiger partial charge on any atom is 0.410 e. The molecule has 1 N–H and O–H groups in total. The summed E-state index contributed by atoms with van der Waals surface area (Å²) in [5, 5.41) is 9.54. The summed E-state index contributed by atoms with van der Waals surface area (Å²) < 4.78 is 16.3. The molecule has 0 bridgehead atoms. The predicted octanol–water partition coefficient (Wildman–Crippen LogP) is 10.7. The average Bonchev–Trinajstić information content (AvgIpc) is 3.21. The monoisotopic (exact) mass is 816 g/mol. The number of carboxylic acid groups (broad SMARTS) is 1. The van der Waals surface area contributed by atoms with Crippen LogP contribution in [-0.2, 0) is 43.2 Å². The molecular weight excluding hydrogens is 757 g/mol. The van der Waals surface area contributed by atoms with Gasteiger partial charge in [-0.05, 0) is 80.5 Å². The van der Waals surface area contributed by atoms with E-state index in [2.05, 4.69) is 12.1 Å². The van der Waals surface area contributed by atoms with Crippen molar-refractivity contribution in [2.45, 2.75) is 91.7 Å². The van der Waals surface area contributed by atoms with E-state index in [1.54, 1.807) is 48.6 Å². The Morgan fingerprint density at radius 3 is 1.20 bits per heavy atom. The highest BCUT2D eigenvalue weighted by Gasteiger charge is 2.32. The Balaban J connectivity index is 0.000000324. The lowest BCUT2D eigenvalue weighted by atomic mass is 10.0. The highest BCUT2D eigenvalue weighted by atomic mass is 16.6. The summed E-state index contributed by atoms with van der Waals surface area (Å²) in [5.74, 6) is -1.54. The number of carbonyl (C=O) groups excluding carboxylic acids is 3. The van der Waals surface area contributed by atoms with E-state index >= 15 is 0 Å². The minimum absolute atomic E-state index is 0. The second kappa shape index (κ2) is 22.1. The number of hydrogen-bond acceptors (Lipinski definition) is 7. The standard InChI is InChI=1S/C28H31NO4.C21H25NO4.CH4/c1-28(2,3)33-27(31)29(4)25(26(30)32-20-22-11-7-5-8-12-22)19-21-15-17-24(18-16-21)23-13-9-6-10-14-23;1-21(2,3)26-20(25)22(4)18(19(23)24)14-15-10-12-17(13-11-15)16-8-6-5-7-9-16;/h5-18,25H,19-20H2,1-4H3;5-13,18H,14H2,1-4H3,(H,23,24);1H4/t25-;18-;/m00./s1. The number of esters is 1. The lowest BCUT2D eigenvalue weighted by molar-refractivity contribution is -0.150. The molecule has 0 aliphatic rings. The van der Waals surface area contributed by atoms with Crippen molar-refractivity contribution in [1.29, 1.82) is 0 Å². The van der Waals surface area contributed by atoms with Gasteiger partial charge >= 0.3 is 24.1 Å². The van der Waals surface area contributed by atoms with Gasteiger partial charge in [0.25, 0.3) is 0 Å². The molecule has 60 heavy (non-hydrogen) atoms. The van der Waals surface area contributed by atoms with Crippen LogP contribution in [-0.4, -0.2) is 76.4 Å². The molecule has 0 saturated heterocycles. The summed E-state index contributed by atoms with van der Waals surface area (Å²) in [6.07, 6.45) is -0.686. The van der Waals surface area contributed by atoms with Crippen molar-refractivity contribution in [2.24, 2.45) is 0 Å². The van der Waals surface area contributed by atoms with E-state index in [9.17, 15) is 24.3 Å². The second-order valence-electron chi connectivity index (χ2n) is 16.2. The molecule has 0 spiro atoms. The number of benzene rings is 5. The molecule has 5 aromatic carbocycles. The summed E-state index contributed by atoms with van der Waals surface area (Å²) in [6, 6.07) is 43.4. The van der Waals surface area contributed by atoms with Gasteiger partial charge in [-0.2, -0.15) is 0 Å². The van der Waals surface area contributed by atoms with Gasteiger partial charge in [0.1, 0.15) is 29.9 Å². The Kier molecular flexibility index (Phi) is 17.7. The third kappa shape index (κ3) is 15.4. The Morgan fingerprint density at radius 2 is 0.833 bits per heavy atom. The smallest absolute Gasteiger partial charge is 0.410 e. The van der Waals surface area contributed by atoms with Crippen LogP contribution in [0, 0.1) is 0 Å². The van der Waals surface area contributed by atoms with Gasteiger partial charge in [-0.3, -0.25) is 9.80 Å². The van der Waals surface area contributed by atoms with Gasteiger partial charge in [-0.25, -0.2) is 19.2 Å². The number of aliphatic carboxylic acids is 1. The van der Waals surface area contributed by atoms with Gasteiger partial charge in [0.2, 0.25) is 0 Å². The highest BCUT2D eigenvalue weighted by Crippen LogP contribution is 2.23. The largest absolute Gasteiger partial charge is 0.480 e. The lowest BCUT2D eigenvalue weighted by Gasteiger charge is -2.29. The second-order valence-corrected chi connectivity index (χ2v) is 16.2. The van der Waals surface area contributed by atoms with Crippen LogP contribution < -0.4 is 0 Å². The SMILES string of the molecule is C.CN(C(=O)OC(C)(C)C)[C@@H](Cc1ccc(-c2ccccc2)cc1)C(=O)O.CN(C(=O)OC(C)(C)C)[C@@H](Cc1ccc(-c2ccccc2)cc1)C(=O)OCc1ccccc1. The summed E-state index contributed by atoms with van der Waals surface area (Å²) in [4.78, 5) is 52.0. The number of likely N-dealkylation sites (N-methyl/N-ethyl adjacent to an activating group) is 2. The highest BCUT2D eigenvalue weighted by molar-refractivity contribution is 5.82. The van der Waals surface area contributed by atoms with Crippen molar-refractivity contribution < 1.29 is 38.5 Å². The zero-order valence-electron chi connectivity index (χ0n) is 35.3. The Hall–Kier alpha value is -6.42. The maximum absolute atomic E-state index is 13.0. The first-order chi connectivity index (χ1) is 27.9. The van der Waals surface area contributed by atoms with E-state index < -0.39 is 47.4 Å². The van der Waals surface area contributed by atoms with E-state index in [1.165, 1.54) is 11.9 Å². The van der Waals surface area contributed by atoms with Gasteiger partial charge in [0.15, 0.2) is 0 Å². The first kappa shape index (κ1) is 48.0. The van der Waals surface area contributed by atoms with Gasteiger partial charge in [-0.1, -0.05) is 147 Å². The topological polar surface area (TPSA) is 123 Å². The van der Waals surface area contributed by atoms with Crippen molar-refractivity contribution in [3.8, 4) is 22.3 Å². The van der Waals surface area contributed by atoms with E-state index in [0.717, 1.165) is 43.8 Å². The van der Waals surface area contributed by atoms with Crippen LogP contribution in [0.3, 0.4) is 0 Å². The molecule has 0 aliphatic carbocycles. The van der Waals surface area contributed by atoms with E-state index in [-0.39, 0.29) is 20.5 Å². The first-order valence-electron chi connectivity index (χ1n) is 19.5. The van der Waals surface area contributed by atoms with E-state index in [0.29, 0.717) is 6.42 Å². The number of carboxylic acids is 1. The average molecular weight is 817 g/mol. The third-order valence-electron chi connectivity index (χ3n) is 9.06. The molecule has 5 aromatic rings. The molecule has 10 heteroatoms. The van der Waals surface area contributed by atoms with Crippen molar-refractivity contribution in [2.75, 3.05) is 14.1 Å². The van der Waals surface area contributed by atoms with Gasteiger partial charge in [0.05, 0.1) is 0 Å². The number of rotatable bonds is 12. The zero-order valence-corrected chi connectivity index (χ0v) is 35.3. The van der Waals surface area contributed by atoms with Crippen molar-refractivity contribution in [1.82, 2.24) is 9.80 Å². The summed E-state index contributed by atoms with van der Waals surface area (Å²) in [5.41, 5.74) is 5.67. The molecule has 0 saturated carbocycles. The molecule has 0 heterocycles. The minimum Gasteiger partial charge on any atom is -0.480 e. The first-order valence-corrected chi connectivity index (χ1v) is 19.5. The van der Waals surface area contributed by atoms with Crippen LogP contribution >= 0.6 is 0 Å². The molecule has 2 amide bonds. The third-order valence-corrected chi connectivity index (χ3v) is 9.06. The normalized spacial score (nSPS) is 11.9. The number of ether oxygens (including phenoxy) is 3. The molecule has 318 valence electrons. The molecule has 0 aliphatic heterocycles. The molecule has 0 unspecified atom stereocenters. The zero-order chi connectivity index (χ0) is 43.2. The summed E-state index contributed by atoms with van der Waals surface area (Å²) >= 11 is 0. The van der Waals surface area contributed by atoms with Crippen molar-refractivity contribution in [3.05, 3.63) is 156 Å². The lowest BCUT2D eigenvalue weighted by Crippen LogP contribution is -2.46. The molecule has 2 atom stereocenters. The Labute approximate surface area is 355 Å². The molecule has 0 aromatic heterocycles. The van der Waals surface area contributed by atoms with Crippen LogP contribution in [0.5, 0.6) is 0 Å². The Bertz CT molecular complexity index is 2090. The quantitative estimate of drug-likeness (QED) is 0.0975. The number of carbonyl (C=O) groups is 4. The molecule has 0 radical (unpaired) electrons. The summed E-state index contributed by atoms with van der Waals surface area (Å²) in [7, 11) is 3.02. The molecule has 0 fully saturated rings. The van der Waals surface area contributed by atoms with E-state index in [1.807, 2.05) is 127 Å². The number of nitrogens with zero attached hydrogens (tertiary/aromatic N) is 2. The van der Waals surface area contributed by atoms with Crippen LogP contribution in [0.4, 0.5) is 9.59 Å². The van der Waals surface area contributed by atoms with E-state index in [4.69, 9.17) is 14.2 Å².